The zero-order valence-corrected chi connectivity index (χ0v) is 9.64. The fourth-order valence-electron chi connectivity index (χ4n) is 2.51. The Hall–Kier alpha value is -1.90. The molecule has 0 aliphatic heterocycles. The summed E-state index contributed by atoms with van der Waals surface area (Å²) in [5, 5.41) is 0. The number of carbonyl (C=O) groups is 1. The molecule has 0 unspecified atom stereocenters. The Labute approximate surface area is 99.5 Å². The van der Waals surface area contributed by atoms with Crippen molar-refractivity contribution in [1.29, 1.82) is 0 Å². The Morgan fingerprint density at radius 1 is 1.35 bits per heavy atom. The molecule has 86 valence electrons. The topological polar surface area (TPSA) is 43.1 Å². The minimum atomic E-state index is 0.138. The molecule has 0 radical (unpaired) electrons. The third-order valence-electron chi connectivity index (χ3n) is 3.33. The van der Waals surface area contributed by atoms with Crippen LogP contribution >= 0.6 is 0 Å². The molecule has 17 heavy (non-hydrogen) atoms. The van der Waals surface area contributed by atoms with Gasteiger partial charge in [-0.15, -0.1) is 0 Å². The first-order valence-corrected chi connectivity index (χ1v) is 5.77. The molecular weight excluding hydrogens is 214 g/mol. The fourth-order valence-corrected chi connectivity index (χ4v) is 2.51. The molecule has 2 heterocycles. The Morgan fingerprint density at radius 3 is 3.00 bits per heavy atom. The molecule has 2 aromatic heterocycles. The van der Waals surface area contributed by atoms with Crippen molar-refractivity contribution in [3.63, 3.8) is 0 Å². The molecule has 1 aliphatic rings. The van der Waals surface area contributed by atoms with Crippen LogP contribution in [0.15, 0.2) is 35.1 Å². The number of pyridine rings is 1. The third kappa shape index (κ3) is 1.68. The maximum Gasteiger partial charge on any atom is 0.165 e. The van der Waals surface area contributed by atoms with Gasteiger partial charge in [0.05, 0.1) is 12.0 Å². The summed E-state index contributed by atoms with van der Waals surface area (Å²) in [7, 11) is 0. The van der Waals surface area contributed by atoms with Crippen molar-refractivity contribution in [2.75, 3.05) is 0 Å². The van der Waals surface area contributed by atoms with E-state index in [9.17, 15) is 4.79 Å². The molecule has 0 N–H and O–H groups in total. The second kappa shape index (κ2) is 3.84. The molecule has 0 bridgehead atoms. The maximum absolute atomic E-state index is 12.1. The summed E-state index contributed by atoms with van der Waals surface area (Å²) in [5.74, 6) is 1.20. The van der Waals surface area contributed by atoms with Crippen molar-refractivity contribution in [2.45, 2.75) is 25.7 Å². The van der Waals surface area contributed by atoms with Crippen molar-refractivity contribution >= 4 is 5.78 Å². The van der Waals surface area contributed by atoms with E-state index in [1.54, 1.807) is 12.5 Å². The van der Waals surface area contributed by atoms with Gasteiger partial charge in [-0.2, -0.15) is 0 Å². The van der Waals surface area contributed by atoms with Crippen molar-refractivity contribution in [3.8, 4) is 0 Å². The smallest absolute Gasteiger partial charge is 0.165 e. The zero-order valence-electron chi connectivity index (χ0n) is 9.64. The number of fused-ring (bicyclic) bond motifs is 1. The highest BCUT2D eigenvalue weighted by Crippen LogP contribution is 2.32. The minimum Gasteiger partial charge on any atom is -0.469 e. The molecule has 0 saturated heterocycles. The lowest BCUT2D eigenvalue weighted by Crippen LogP contribution is -2.20. The van der Waals surface area contributed by atoms with E-state index in [0.29, 0.717) is 6.42 Å². The summed E-state index contributed by atoms with van der Waals surface area (Å²) in [5.41, 5.74) is 2.75. The van der Waals surface area contributed by atoms with Crippen LogP contribution in [0.1, 0.15) is 39.7 Å². The molecule has 0 aromatic carbocycles. The number of Topliss-reactive ketones (excluding diaryl/α,β-unsaturated/α-hetero) is 1. The Bertz CT molecular complexity index is 558. The van der Waals surface area contributed by atoms with Crippen LogP contribution in [0.2, 0.25) is 0 Å². The van der Waals surface area contributed by atoms with Crippen LogP contribution in [0.3, 0.4) is 0 Å². The van der Waals surface area contributed by atoms with Gasteiger partial charge in [-0.05, 0) is 30.7 Å². The number of furan rings is 1. The van der Waals surface area contributed by atoms with Crippen molar-refractivity contribution < 1.29 is 9.21 Å². The van der Waals surface area contributed by atoms with Gasteiger partial charge in [0.15, 0.2) is 5.78 Å². The monoisotopic (exact) mass is 227 g/mol. The van der Waals surface area contributed by atoms with Gasteiger partial charge in [0.25, 0.3) is 0 Å². The van der Waals surface area contributed by atoms with Gasteiger partial charge in [0.1, 0.15) is 5.76 Å². The highest BCUT2D eigenvalue weighted by atomic mass is 16.3. The predicted molar refractivity (Wildman–Crippen MR) is 63.1 cm³/mol. The lowest BCUT2D eigenvalue weighted by atomic mass is 9.83. The average molecular weight is 227 g/mol. The summed E-state index contributed by atoms with van der Waals surface area (Å²) < 4.78 is 5.39. The van der Waals surface area contributed by atoms with E-state index in [0.717, 1.165) is 29.0 Å². The molecular formula is C14H13NO2. The zero-order chi connectivity index (χ0) is 11.8. The van der Waals surface area contributed by atoms with Crippen LogP contribution in [0, 0.1) is 6.92 Å². The summed E-state index contributed by atoms with van der Waals surface area (Å²) in [4.78, 5) is 16.5. The van der Waals surface area contributed by atoms with Crippen LogP contribution < -0.4 is 0 Å². The lowest BCUT2D eigenvalue weighted by Gasteiger charge is -2.22. The lowest BCUT2D eigenvalue weighted by molar-refractivity contribution is 0.0958. The Kier molecular flexibility index (Phi) is 2.32. The van der Waals surface area contributed by atoms with Crippen LogP contribution in [-0.4, -0.2) is 10.8 Å². The van der Waals surface area contributed by atoms with Crippen molar-refractivity contribution in [3.05, 3.63) is 53.2 Å². The van der Waals surface area contributed by atoms with Gasteiger partial charge in [-0.1, -0.05) is 0 Å². The number of rotatable bonds is 1. The molecule has 0 saturated carbocycles. The average Bonchev–Trinajstić information content (AvgIpc) is 2.81. The van der Waals surface area contributed by atoms with E-state index >= 15 is 0 Å². The van der Waals surface area contributed by atoms with Crippen LogP contribution in [0.4, 0.5) is 0 Å². The molecule has 3 rings (SSSR count). The Morgan fingerprint density at radius 2 is 2.24 bits per heavy atom. The molecule has 1 aliphatic carbocycles. The molecule has 2 aromatic rings. The largest absolute Gasteiger partial charge is 0.469 e. The van der Waals surface area contributed by atoms with E-state index in [4.69, 9.17) is 4.42 Å². The van der Waals surface area contributed by atoms with Gasteiger partial charge in [-0.25, -0.2) is 0 Å². The van der Waals surface area contributed by atoms with E-state index < -0.39 is 0 Å². The predicted octanol–water partition coefficient (Wildman–Crippen LogP) is 2.90. The van der Waals surface area contributed by atoms with Gasteiger partial charge in [0, 0.05) is 30.5 Å². The van der Waals surface area contributed by atoms with Gasteiger partial charge in [-0.3, -0.25) is 9.78 Å². The number of aromatic nitrogens is 1. The summed E-state index contributed by atoms with van der Waals surface area (Å²) in [6.45, 7) is 1.96. The van der Waals surface area contributed by atoms with E-state index in [-0.39, 0.29) is 11.7 Å². The third-order valence-corrected chi connectivity index (χ3v) is 3.33. The normalized spacial score (nSPS) is 19.1. The molecule has 3 heteroatoms. The molecule has 3 nitrogen and oxygen atoms in total. The first-order chi connectivity index (χ1) is 8.25. The SMILES string of the molecule is Cc1ccnc2c1C(=O)C[C@H](c1ccco1)C2. The van der Waals surface area contributed by atoms with Crippen molar-refractivity contribution in [1.82, 2.24) is 4.98 Å². The van der Waals surface area contributed by atoms with E-state index in [1.807, 2.05) is 25.1 Å². The number of hydrogen-bond acceptors (Lipinski definition) is 3. The van der Waals surface area contributed by atoms with Gasteiger partial charge >= 0.3 is 0 Å². The quantitative estimate of drug-likeness (QED) is 0.752. The van der Waals surface area contributed by atoms with Crippen molar-refractivity contribution in [2.24, 2.45) is 0 Å². The number of carbonyl (C=O) groups excluding carboxylic acids is 1. The van der Waals surface area contributed by atoms with Gasteiger partial charge < -0.3 is 4.42 Å². The first-order valence-electron chi connectivity index (χ1n) is 5.77. The fraction of sp³-hybridized carbons (Fsp3) is 0.286. The first kappa shape index (κ1) is 10.3. The summed E-state index contributed by atoms with van der Waals surface area (Å²) >= 11 is 0. The standard InChI is InChI=1S/C14H13NO2/c1-9-4-5-15-11-7-10(8-12(16)14(9)11)13-3-2-6-17-13/h2-6,10H,7-8H2,1H3/t10-/m1/s1. The number of ketones is 1. The number of aryl methyl sites for hydroxylation is 1. The number of hydrogen-bond donors (Lipinski definition) is 0. The molecule has 1 atom stereocenters. The van der Waals surface area contributed by atoms with Gasteiger partial charge in [0.2, 0.25) is 0 Å². The maximum atomic E-state index is 12.1. The summed E-state index contributed by atoms with van der Waals surface area (Å²) in [6.07, 6.45) is 4.73. The van der Waals surface area contributed by atoms with E-state index in [2.05, 4.69) is 4.98 Å². The number of nitrogens with zero attached hydrogens (tertiary/aromatic N) is 1. The van der Waals surface area contributed by atoms with E-state index in [1.165, 1.54) is 0 Å². The molecule has 0 fully saturated rings. The molecule has 0 amide bonds. The Balaban J connectivity index is 2.02. The second-order valence-corrected chi connectivity index (χ2v) is 4.49. The molecule has 0 spiro atoms. The highest BCUT2D eigenvalue weighted by Gasteiger charge is 2.29. The van der Waals surface area contributed by atoms with Crippen LogP contribution in [-0.2, 0) is 6.42 Å². The van der Waals surface area contributed by atoms with Crippen LogP contribution in [0.5, 0.6) is 0 Å². The second-order valence-electron chi connectivity index (χ2n) is 4.49. The minimum absolute atomic E-state index is 0.138. The highest BCUT2D eigenvalue weighted by molar-refractivity contribution is 5.99. The summed E-state index contributed by atoms with van der Waals surface area (Å²) in [6, 6.07) is 5.68. The van der Waals surface area contributed by atoms with Crippen LogP contribution in [0.25, 0.3) is 0 Å².